The molecule has 2 heterocycles. The molecule has 0 saturated heterocycles. The number of carbonyl (C=O) groups is 1. The van der Waals surface area contributed by atoms with E-state index in [-0.39, 0.29) is 34.9 Å². The number of aromatic amines is 1. The summed E-state index contributed by atoms with van der Waals surface area (Å²) in [5.74, 6) is -0.709. The van der Waals surface area contributed by atoms with Crippen LogP contribution in [-0.4, -0.2) is 22.1 Å². The van der Waals surface area contributed by atoms with E-state index in [1.807, 2.05) is 6.07 Å². The van der Waals surface area contributed by atoms with Gasteiger partial charge in [-0.2, -0.15) is 0 Å². The van der Waals surface area contributed by atoms with E-state index in [2.05, 4.69) is 14.7 Å². The number of ether oxygens (including phenoxy) is 1. The van der Waals surface area contributed by atoms with E-state index >= 15 is 0 Å². The van der Waals surface area contributed by atoms with Crippen molar-refractivity contribution in [3.63, 3.8) is 0 Å². The predicted octanol–water partition coefficient (Wildman–Crippen LogP) is 6.05. The van der Waals surface area contributed by atoms with Crippen LogP contribution in [0.5, 0.6) is 5.75 Å². The molecular weight excluding hydrogens is 469 g/mol. The average molecular weight is 485 g/mol. The number of benzene rings is 2. The zero-order chi connectivity index (χ0) is 24.0. The third kappa shape index (κ3) is 4.28. The largest absolute Gasteiger partial charge is 0.573 e. The van der Waals surface area contributed by atoms with Crippen molar-refractivity contribution in [2.45, 2.75) is 25.1 Å². The van der Waals surface area contributed by atoms with Crippen molar-refractivity contribution in [1.82, 2.24) is 9.97 Å². The smallest absolute Gasteiger partial charge is 0.406 e. The van der Waals surface area contributed by atoms with Crippen LogP contribution in [0.3, 0.4) is 0 Å². The summed E-state index contributed by atoms with van der Waals surface area (Å²) in [7, 11) is 0. The zero-order valence-corrected chi connectivity index (χ0v) is 18.2. The van der Waals surface area contributed by atoms with Crippen LogP contribution in [-0.2, 0) is 6.42 Å². The number of ketones is 1. The molecule has 0 bridgehead atoms. The molecule has 9 heteroatoms. The number of nitrogens with one attached hydrogen (secondary N) is 1. The van der Waals surface area contributed by atoms with E-state index in [0.717, 1.165) is 5.56 Å². The minimum Gasteiger partial charge on any atom is -0.406 e. The van der Waals surface area contributed by atoms with Gasteiger partial charge in [-0.1, -0.05) is 17.7 Å². The number of nitrogens with zero attached hydrogens (tertiary/aromatic N) is 1. The molecule has 0 amide bonds. The summed E-state index contributed by atoms with van der Waals surface area (Å²) < 4.78 is 40.9. The second-order valence-electron chi connectivity index (χ2n) is 8.07. The SMILES string of the molecule is O=C1CC(c2ccc(-c3ccc(OC(F)(F)F)cc3)nc2)Cc2[nH]c3ccc(Cl)cc3c(=O)c21. The Morgan fingerprint density at radius 3 is 2.44 bits per heavy atom. The third-order valence-electron chi connectivity index (χ3n) is 5.84. The van der Waals surface area contributed by atoms with Crippen molar-refractivity contribution in [2.75, 3.05) is 0 Å². The van der Waals surface area contributed by atoms with Crippen molar-refractivity contribution >= 4 is 28.3 Å². The van der Waals surface area contributed by atoms with Crippen molar-refractivity contribution in [1.29, 1.82) is 0 Å². The lowest BCUT2D eigenvalue weighted by Crippen LogP contribution is -2.27. The summed E-state index contributed by atoms with van der Waals surface area (Å²) in [5, 5.41) is 0.809. The molecule has 1 aliphatic rings. The number of carbonyl (C=O) groups excluding carboxylic acids is 1. The quantitative estimate of drug-likeness (QED) is 0.384. The molecule has 2 aromatic carbocycles. The highest BCUT2D eigenvalue weighted by Crippen LogP contribution is 2.33. The van der Waals surface area contributed by atoms with Crippen LogP contribution >= 0.6 is 11.6 Å². The van der Waals surface area contributed by atoms with Gasteiger partial charge < -0.3 is 9.72 Å². The minimum absolute atomic E-state index is 0.162. The molecule has 34 heavy (non-hydrogen) atoms. The van der Waals surface area contributed by atoms with Gasteiger partial charge in [0, 0.05) is 39.8 Å². The number of fused-ring (bicyclic) bond motifs is 2. The summed E-state index contributed by atoms with van der Waals surface area (Å²) in [6.45, 7) is 0. The second kappa shape index (κ2) is 8.29. The lowest BCUT2D eigenvalue weighted by molar-refractivity contribution is -0.274. The Balaban J connectivity index is 1.40. The van der Waals surface area contributed by atoms with Crippen LogP contribution in [0.25, 0.3) is 22.2 Å². The Labute approximate surface area is 196 Å². The summed E-state index contributed by atoms with van der Waals surface area (Å²) in [5.41, 5.74) is 3.09. The standard InChI is InChI=1S/C25H16ClF3N2O3/c26-16-4-8-20-18(11-16)24(33)23-21(31-20)9-15(10-22(23)32)14-3-7-19(30-12-14)13-1-5-17(6-2-13)34-25(27,28)29/h1-8,11-12,15H,9-10H2,(H,31,33). The van der Waals surface area contributed by atoms with Gasteiger partial charge >= 0.3 is 6.36 Å². The van der Waals surface area contributed by atoms with Gasteiger partial charge in [0.05, 0.1) is 11.3 Å². The van der Waals surface area contributed by atoms with Gasteiger partial charge in [-0.25, -0.2) is 0 Å². The van der Waals surface area contributed by atoms with Crippen LogP contribution < -0.4 is 10.2 Å². The molecule has 2 aromatic heterocycles. The molecular formula is C25H16ClF3N2O3. The fraction of sp³-hybridized carbons (Fsp3) is 0.160. The topological polar surface area (TPSA) is 72.0 Å². The molecule has 0 spiro atoms. The lowest BCUT2D eigenvalue weighted by Gasteiger charge is -2.24. The summed E-state index contributed by atoms with van der Waals surface area (Å²) in [4.78, 5) is 33.4. The molecule has 5 nitrogen and oxygen atoms in total. The monoisotopic (exact) mass is 484 g/mol. The van der Waals surface area contributed by atoms with Gasteiger partial charge in [0.15, 0.2) is 5.78 Å². The third-order valence-corrected chi connectivity index (χ3v) is 6.08. The van der Waals surface area contributed by atoms with Gasteiger partial charge in [-0.15, -0.1) is 13.2 Å². The minimum atomic E-state index is -4.75. The van der Waals surface area contributed by atoms with Crippen LogP contribution in [0.4, 0.5) is 13.2 Å². The first-order valence-corrected chi connectivity index (χ1v) is 10.8. The van der Waals surface area contributed by atoms with Crippen molar-refractivity contribution < 1.29 is 22.7 Å². The molecule has 1 aliphatic carbocycles. The first-order chi connectivity index (χ1) is 16.2. The summed E-state index contributed by atoms with van der Waals surface area (Å²) in [6, 6.07) is 14.0. The van der Waals surface area contributed by atoms with E-state index in [9.17, 15) is 22.8 Å². The van der Waals surface area contributed by atoms with Crippen molar-refractivity contribution in [3.8, 4) is 17.0 Å². The molecule has 0 radical (unpaired) electrons. The molecule has 4 aromatic rings. The number of pyridine rings is 2. The van der Waals surface area contributed by atoms with Crippen LogP contribution in [0.1, 0.15) is 34.0 Å². The zero-order valence-electron chi connectivity index (χ0n) is 17.4. The second-order valence-corrected chi connectivity index (χ2v) is 8.51. The van der Waals surface area contributed by atoms with Crippen LogP contribution in [0.2, 0.25) is 5.02 Å². The molecule has 0 fully saturated rings. The number of aromatic nitrogens is 2. The number of rotatable bonds is 3. The van der Waals surface area contributed by atoms with E-state index in [1.165, 1.54) is 24.3 Å². The predicted molar refractivity (Wildman–Crippen MR) is 121 cm³/mol. The van der Waals surface area contributed by atoms with E-state index in [0.29, 0.717) is 39.3 Å². The Morgan fingerprint density at radius 1 is 1.00 bits per heavy atom. The number of halogens is 4. The Morgan fingerprint density at radius 2 is 1.76 bits per heavy atom. The fourth-order valence-electron chi connectivity index (χ4n) is 4.28. The number of alkyl halides is 3. The fourth-order valence-corrected chi connectivity index (χ4v) is 4.46. The van der Waals surface area contributed by atoms with Crippen LogP contribution in [0.15, 0.2) is 65.6 Å². The van der Waals surface area contributed by atoms with Gasteiger partial charge in [0.1, 0.15) is 5.75 Å². The summed E-state index contributed by atoms with van der Waals surface area (Å²) >= 11 is 6.01. The van der Waals surface area contributed by atoms with Gasteiger partial charge in [0.25, 0.3) is 0 Å². The molecule has 1 unspecified atom stereocenters. The highest BCUT2D eigenvalue weighted by molar-refractivity contribution is 6.31. The van der Waals surface area contributed by atoms with E-state index in [4.69, 9.17) is 11.6 Å². The first-order valence-electron chi connectivity index (χ1n) is 10.4. The normalized spacial score (nSPS) is 15.9. The van der Waals surface area contributed by atoms with Gasteiger partial charge in [-0.05, 0) is 66.4 Å². The summed E-state index contributed by atoms with van der Waals surface area (Å²) in [6.07, 6.45) is -2.45. The number of Topliss-reactive ketones (excluding diaryl/α,β-unsaturated/α-hetero) is 1. The maximum Gasteiger partial charge on any atom is 0.573 e. The van der Waals surface area contributed by atoms with Gasteiger partial charge in [0.2, 0.25) is 5.43 Å². The highest BCUT2D eigenvalue weighted by Gasteiger charge is 2.31. The average Bonchev–Trinajstić information content (AvgIpc) is 2.79. The van der Waals surface area contributed by atoms with Crippen molar-refractivity contribution in [3.05, 3.63) is 92.9 Å². The van der Waals surface area contributed by atoms with Crippen molar-refractivity contribution in [2.24, 2.45) is 0 Å². The Kier molecular flexibility index (Phi) is 5.40. The Bertz CT molecular complexity index is 1460. The molecule has 172 valence electrons. The van der Waals surface area contributed by atoms with E-state index in [1.54, 1.807) is 30.5 Å². The first kappa shape index (κ1) is 22.2. The number of H-pyrrole nitrogens is 1. The molecule has 0 aliphatic heterocycles. The number of hydrogen-bond acceptors (Lipinski definition) is 4. The maximum atomic E-state index is 12.9. The lowest BCUT2D eigenvalue weighted by atomic mass is 9.81. The molecule has 0 saturated carbocycles. The number of hydrogen-bond donors (Lipinski definition) is 1. The highest BCUT2D eigenvalue weighted by atomic mass is 35.5. The molecule has 5 rings (SSSR count). The maximum absolute atomic E-state index is 12.9. The Hall–Kier alpha value is -3.65. The molecule has 1 N–H and O–H groups in total. The molecule has 1 atom stereocenters. The van der Waals surface area contributed by atoms with Gasteiger partial charge in [-0.3, -0.25) is 14.6 Å². The van der Waals surface area contributed by atoms with Crippen LogP contribution in [0, 0.1) is 0 Å². The van der Waals surface area contributed by atoms with E-state index < -0.39 is 6.36 Å².